The minimum absolute atomic E-state index is 0.00245. The van der Waals surface area contributed by atoms with E-state index in [0.29, 0.717) is 11.1 Å². The average molecular weight is 255 g/mol. The molecule has 0 saturated carbocycles. The molecular weight excluding hydrogens is 238 g/mol. The molecule has 0 spiro atoms. The molecule has 0 unspecified atom stereocenters. The van der Waals surface area contributed by atoms with E-state index in [2.05, 4.69) is 5.32 Å². The predicted octanol–water partition coefficient (Wildman–Crippen LogP) is 2.06. The summed E-state index contributed by atoms with van der Waals surface area (Å²) in [6, 6.07) is 18.5. The van der Waals surface area contributed by atoms with Gasteiger partial charge in [0, 0.05) is 7.05 Å². The summed E-state index contributed by atoms with van der Waals surface area (Å²) in [6.45, 7) is 0. The summed E-state index contributed by atoms with van der Waals surface area (Å²) in [5.74, 6) is -0.199. The fourth-order valence-electron chi connectivity index (χ4n) is 2.12. The summed E-state index contributed by atoms with van der Waals surface area (Å²) >= 11 is 0. The van der Waals surface area contributed by atoms with Crippen LogP contribution in [0.1, 0.15) is 17.5 Å². The van der Waals surface area contributed by atoms with Crippen molar-refractivity contribution in [1.29, 1.82) is 0 Å². The van der Waals surface area contributed by atoms with Gasteiger partial charge in [0.05, 0.1) is 6.42 Å². The second-order valence-electron chi connectivity index (χ2n) is 4.44. The largest absolute Gasteiger partial charge is 0.380 e. The van der Waals surface area contributed by atoms with Crippen molar-refractivity contribution in [1.82, 2.24) is 5.32 Å². The van der Waals surface area contributed by atoms with Crippen LogP contribution in [0.5, 0.6) is 0 Å². The molecule has 0 bridgehead atoms. The summed E-state index contributed by atoms with van der Waals surface area (Å²) in [6.07, 6.45) is -0.00245. The number of benzene rings is 2. The van der Waals surface area contributed by atoms with Crippen LogP contribution in [0.3, 0.4) is 0 Å². The quantitative estimate of drug-likeness (QED) is 0.878. The van der Waals surface area contributed by atoms with Crippen molar-refractivity contribution < 1.29 is 9.90 Å². The molecule has 0 radical (unpaired) electrons. The lowest BCUT2D eigenvalue weighted by atomic mass is 9.83. The van der Waals surface area contributed by atoms with E-state index in [0.717, 1.165) is 0 Å². The van der Waals surface area contributed by atoms with Gasteiger partial charge >= 0.3 is 0 Å². The Morgan fingerprint density at radius 2 is 1.42 bits per heavy atom. The zero-order valence-corrected chi connectivity index (χ0v) is 10.8. The molecular formula is C16H17NO2. The van der Waals surface area contributed by atoms with Crippen molar-refractivity contribution in [3.05, 3.63) is 71.8 Å². The molecule has 3 nitrogen and oxygen atoms in total. The van der Waals surface area contributed by atoms with Gasteiger partial charge in [0.25, 0.3) is 0 Å². The molecule has 98 valence electrons. The molecule has 1 amide bonds. The third kappa shape index (κ3) is 2.83. The van der Waals surface area contributed by atoms with Crippen molar-refractivity contribution in [2.75, 3.05) is 7.05 Å². The van der Waals surface area contributed by atoms with E-state index in [1.165, 1.54) is 0 Å². The highest BCUT2D eigenvalue weighted by molar-refractivity contribution is 5.77. The van der Waals surface area contributed by atoms with E-state index in [9.17, 15) is 9.90 Å². The lowest BCUT2D eigenvalue weighted by Gasteiger charge is -2.28. The lowest BCUT2D eigenvalue weighted by molar-refractivity contribution is -0.124. The van der Waals surface area contributed by atoms with Gasteiger partial charge in [-0.25, -0.2) is 0 Å². The van der Waals surface area contributed by atoms with Crippen molar-refractivity contribution in [3.8, 4) is 0 Å². The van der Waals surface area contributed by atoms with Crippen LogP contribution in [-0.2, 0) is 10.4 Å². The van der Waals surface area contributed by atoms with Gasteiger partial charge in [0.1, 0.15) is 5.60 Å². The Bertz CT molecular complexity index is 498. The Kier molecular flexibility index (Phi) is 3.97. The van der Waals surface area contributed by atoms with Crippen LogP contribution in [0.4, 0.5) is 0 Å². The van der Waals surface area contributed by atoms with E-state index in [4.69, 9.17) is 0 Å². The number of hydrogen-bond acceptors (Lipinski definition) is 2. The fraction of sp³-hybridized carbons (Fsp3) is 0.188. The van der Waals surface area contributed by atoms with E-state index in [1.54, 1.807) is 7.05 Å². The van der Waals surface area contributed by atoms with Crippen LogP contribution in [0.2, 0.25) is 0 Å². The first-order valence-corrected chi connectivity index (χ1v) is 6.21. The maximum absolute atomic E-state index is 11.7. The zero-order chi connectivity index (χ0) is 13.7. The van der Waals surface area contributed by atoms with Crippen LogP contribution in [0.15, 0.2) is 60.7 Å². The number of aliphatic hydroxyl groups is 1. The van der Waals surface area contributed by atoms with E-state index < -0.39 is 5.60 Å². The molecule has 2 aromatic rings. The minimum Gasteiger partial charge on any atom is -0.380 e. The molecule has 2 rings (SSSR count). The fourth-order valence-corrected chi connectivity index (χ4v) is 2.12. The van der Waals surface area contributed by atoms with Crippen LogP contribution in [-0.4, -0.2) is 18.1 Å². The van der Waals surface area contributed by atoms with Crippen LogP contribution in [0.25, 0.3) is 0 Å². The standard InChI is InChI=1S/C16H17NO2/c1-17-15(18)12-16(19,13-8-4-2-5-9-13)14-10-6-3-7-11-14/h2-11,19H,12H2,1H3,(H,17,18). The Morgan fingerprint density at radius 1 is 1.00 bits per heavy atom. The Labute approximate surface area is 112 Å². The third-order valence-electron chi connectivity index (χ3n) is 3.20. The summed E-state index contributed by atoms with van der Waals surface area (Å²) < 4.78 is 0. The van der Waals surface area contributed by atoms with E-state index in [1.807, 2.05) is 60.7 Å². The number of carbonyl (C=O) groups is 1. The first-order valence-electron chi connectivity index (χ1n) is 6.21. The van der Waals surface area contributed by atoms with Gasteiger partial charge in [0.2, 0.25) is 5.91 Å². The smallest absolute Gasteiger partial charge is 0.223 e. The molecule has 0 aliphatic heterocycles. The molecule has 0 aliphatic carbocycles. The first kappa shape index (κ1) is 13.3. The number of hydrogen-bond donors (Lipinski definition) is 2. The number of nitrogens with one attached hydrogen (secondary N) is 1. The van der Waals surface area contributed by atoms with Crippen molar-refractivity contribution >= 4 is 5.91 Å². The van der Waals surface area contributed by atoms with Crippen molar-refractivity contribution in [2.24, 2.45) is 0 Å². The molecule has 0 atom stereocenters. The normalized spacial score (nSPS) is 11.1. The van der Waals surface area contributed by atoms with Crippen LogP contribution >= 0.6 is 0 Å². The molecule has 0 saturated heterocycles. The SMILES string of the molecule is CNC(=O)CC(O)(c1ccccc1)c1ccccc1. The Morgan fingerprint density at radius 3 is 1.79 bits per heavy atom. The lowest BCUT2D eigenvalue weighted by Crippen LogP contribution is -2.34. The maximum atomic E-state index is 11.7. The van der Waals surface area contributed by atoms with E-state index in [-0.39, 0.29) is 12.3 Å². The second kappa shape index (κ2) is 5.67. The summed E-state index contributed by atoms with van der Waals surface area (Å²) in [7, 11) is 1.57. The predicted molar refractivity (Wildman–Crippen MR) is 74.6 cm³/mol. The molecule has 0 aliphatic rings. The summed E-state index contributed by atoms with van der Waals surface area (Å²) in [4.78, 5) is 11.7. The topological polar surface area (TPSA) is 49.3 Å². The van der Waals surface area contributed by atoms with Gasteiger partial charge < -0.3 is 10.4 Å². The zero-order valence-electron chi connectivity index (χ0n) is 10.8. The van der Waals surface area contributed by atoms with Gasteiger partial charge in [0.15, 0.2) is 0 Å². The third-order valence-corrected chi connectivity index (χ3v) is 3.20. The monoisotopic (exact) mass is 255 g/mol. The van der Waals surface area contributed by atoms with Gasteiger partial charge in [-0.2, -0.15) is 0 Å². The van der Waals surface area contributed by atoms with Gasteiger partial charge in [-0.1, -0.05) is 60.7 Å². The van der Waals surface area contributed by atoms with Crippen LogP contribution in [0, 0.1) is 0 Å². The Hall–Kier alpha value is -2.13. The molecule has 0 aromatic heterocycles. The molecule has 2 aromatic carbocycles. The van der Waals surface area contributed by atoms with Crippen LogP contribution < -0.4 is 5.32 Å². The Balaban J connectivity index is 2.47. The van der Waals surface area contributed by atoms with Gasteiger partial charge in [-0.3, -0.25) is 4.79 Å². The van der Waals surface area contributed by atoms with Gasteiger partial charge in [-0.15, -0.1) is 0 Å². The summed E-state index contributed by atoms with van der Waals surface area (Å²) in [5, 5.41) is 13.6. The molecule has 3 heteroatoms. The maximum Gasteiger partial charge on any atom is 0.223 e. The van der Waals surface area contributed by atoms with E-state index >= 15 is 0 Å². The van der Waals surface area contributed by atoms with Crippen molar-refractivity contribution in [3.63, 3.8) is 0 Å². The molecule has 2 N–H and O–H groups in total. The number of amides is 1. The highest BCUT2D eigenvalue weighted by Crippen LogP contribution is 2.32. The number of rotatable bonds is 4. The summed E-state index contributed by atoms with van der Waals surface area (Å²) in [5.41, 5.74) is 0.123. The first-order chi connectivity index (χ1) is 9.16. The minimum atomic E-state index is -1.30. The average Bonchev–Trinajstić information content (AvgIpc) is 2.48. The van der Waals surface area contributed by atoms with Crippen molar-refractivity contribution in [2.45, 2.75) is 12.0 Å². The number of carbonyl (C=O) groups excluding carboxylic acids is 1. The molecule has 0 heterocycles. The highest BCUT2D eigenvalue weighted by atomic mass is 16.3. The highest BCUT2D eigenvalue weighted by Gasteiger charge is 2.33. The molecule has 0 fully saturated rings. The molecule has 19 heavy (non-hydrogen) atoms. The second-order valence-corrected chi connectivity index (χ2v) is 4.44. The van der Waals surface area contributed by atoms with Gasteiger partial charge in [-0.05, 0) is 11.1 Å².